The molecular formula is C15H17BrN2O2S. The van der Waals surface area contributed by atoms with E-state index in [-0.39, 0.29) is 5.91 Å². The molecular weight excluding hydrogens is 352 g/mol. The van der Waals surface area contributed by atoms with Gasteiger partial charge in [-0.25, -0.2) is 5.84 Å². The Bertz CT molecular complexity index is 640. The van der Waals surface area contributed by atoms with Crippen molar-refractivity contribution in [3.8, 4) is 5.75 Å². The summed E-state index contributed by atoms with van der Waals surface area (Å²) in [6.07, 6.45) is 0. The van der Waals surface area contributed by atoms with Gasteiger partial charge in [-0.3, -0.25) is 10.2 Å². The van der Waals surface area contributed by atoms with Crippen LogP contribution in [0.3, 0.4) is 0 Å². The number of hydrazine groups is 1. The van der Waals surface area contributed by atoms with Crippen molar-refractivity contribution in [3.63, 3.8) is 0 Å². The monoisotopic (exact) mass is 368 g/mol. The number of amides is 1. The molecule has 0 spiro atoms. The number of nitrogens with two attached hydrogens (primary N) is 1. The number of hydrogen-bond acceptors (Lipinski definition) is 4. The lowest BCUT2D eigenvalue weighted by Crippen LogP contribution is -2.30. The van der Waals surface area contributed by atoms with Crippen LogP contribution in [-0.4, -0.2) is 5.91 Å². The Hall–Kier alpha value is -1.37. The van der Waals surface area contributed by atoms with Crippen molar-refractivity contribution in [1.82, 2.24) is 5.43 Å². The first-order chi connectivity index (χ1) is 10.0. The molecule has 1 amide bonds. The van der Waals surface area contributed by atoms with Gasteiger partial charge < -0.3 is 4.74 Å². The first-order valence-electron chi connectivity index (χ1n) is 6.52. The number of hydrogen-bond donors (Lipinski definition) is 2. The summed E-state index contributed by atoms with van der Waals surface area (Å²) in [7, 11) is 0. The Morgan fingerprint density at radius 1 is 1.43 bits per heavy atom. The van der Waals surface area contributed by atoms with E-state index in [0.717, 1.165) is 21.3 Å². The first kappa shape index (κ1) is 16.0. The maximum atomic E-state index is 11.6. The lowest BCUT2D eigenvalue weighted by atomic mass is 10.0. The zero-order valence-corrected chi connectivity index (χ0v) is 14.3. The largest absolute Gasteiger partial charge is 0.489 e. The number of benzene rings is 1. The van der Waals surface area contributed by atoms with Crippen LogP contribution in [0.2, 0.25) is 0 Å². The SMILES string of the molecule is CC(C)c1cc(Br)ccc1OCc1ccsc1C(=O)NN. The molecule has 2 rings (SSSR count). The highest BCUT2D eigenvalue weighted by Crippen LogP contribution is 2.30. The van der Waals surface area contributed by atoms with Crippen molar-refractivity contribution in [2.75, 3.05) is 0 Å². The molecule has 0 aliphatic heterocycles. The number of rotatable bonds is 5. The summed E-state index contributed by atoms with van der Waals surface area (Å²) in [4.78, 5) is 12.2. The van der Waals surface area contributed by atoms with E-state index in [1.54, 1.807) is 0 Å². The van der Waals surface area contributed by atoms with Crippen LogP contribution in [0.5, 0.6) is 5.75 Å². The molecule has 2 aromatic rings. The normalized spacial score (nSPS) is 10.7. The zero-order valence-electron chi connectivity index (χ0n) is 11.9. The van der Waals surface area contributed by atoms with Gasteiger partial charge >= 0.3 is 0 Å². The van der Waals surface area contributed by atoms with E-state index < -0.39 is 0 Å². The quantitative estimate of drug-likeness (QED) is 0.479. The molecule has 0 unspecified atom stereocenters. The fourth-order valence-corrected chi connectivity index (χ4v) is 3.16. The van der Waals surface area contributed by atoms with Crippen LogP contribution < -0.4 is 16.0 Å². The molecule has 21 heavy (non-hydrogen) atoms. The molecule has 0 aliphatic rings. The minimum absolute atomic E-state index is 0.288. The molecule has 0 atom stereocenters. The average molecular weight is 369 g/mol. The highest BCUT2D eigenvalue weighted by molar-refractivity contribution is 9.10. The van der Waals surface area contributed by atoms with Gasteiger partial charge in [0.25, 0.3) is 5.91 Å². The highest BCUT2D eigenvalue weighted by atomic mass is 79.9. The van der Waals surface area contributed by atoms with Crippen LogP contribution in [0.15, 0.2) is 34.1 Å². The molecule has 112 valence electrons. The lowest BCUT2D eigenvalue weighted by molar-refractivity contribution is 0.0955. The summed E-state index contributed by atoms with van der Waals surface area (Å²) >= 11 is 4.82. The number of nitrogens with one attached hydrogen (secondary N) is 1. The molecule has 0 fully saturated rings. The minimum atomic E-state index is -0.288. The standard InChI is InChI=1S/C15H17BrN2O2S/c1-9(2)12-7-11(16)3-4-13(12)20-8-10-5-6-21-14(10)15(19)18-17/h3-7,9H,8,17H2,1-2H3,(H,18,19). The van der Waals surface area contributed by atoms with Crippen LogP contribution in [0.4, 0.5) is 0 Å². The molecule has 0 saturated heterocycles. The van der Waals surface area contributed by atoms with Gasteiger partial charge in [-0.2, -0.15) is 0 Å². The van der Waals surface area contributed by atoms with E-state index in [1.807, 2.05) is 23.6 Å². The second-order valence-corrected chi connectivity index (χ2v) is 6.71. The second kappa shape index (κ2) is 7.06. The Morgan fingerprint density at radius 2 is 2.19 bits per heavy atom. The third kappa shape index (κ3) is 3.84. The van der Waals surface area contributed by atoms with Gasteiger partial charge in [0.15, 0.2) is 0 Å². The number of ether oxygens (including phenoxy) is 1. The molecule has 1 aromatic heterocycles. The Labute approximate surface area is 136 Å². The van der Waals surface area contributed by atoms with Gasteiger partial charge in [0, 0.05) is 10.0 Å². The average Bonchev–Trinajstić information content (AvgIpc) is 2.93. The summed E-state index contributed by atoms with van der Waals surface area (Å²) in [5.41, 5.74) is 4.12. The topological polar surface area (TPSA) is 64.3 Å². The number of carbonyl (C=O) groups is 1. The van der Waals surface area contributed by atoms with E-state index >= 15 is 0 Å². The lowest BCUT2D eigenvalue weighted by Gasteiger charge is -2.14. The fourth-order valence-electron chi connectivity index (χ4n) is 1.97. The predicted octanol–water partition coefficient (Wildman–Crippen LogP) is 3.82. The third-order valence-corrected chi connectivity index (χ3v) is 4.51. The molecule has 1 heterocycles. The molecule has 4 nitrogen and oxygen atoms in total. The van der Waals surface area contributed by atoms with Crippen LogP contribution in [0.25, 0.3) is 0 Å². The molecule has 0 bridgehead atoms. The summed E-state index contributed by atoms with van der Waals surface area (Å²) in [5, 5.41) is 1.86. The van der Waals surface area contributed by atoms with Crippen LogP contribution >= 0.6 is 27.3 Å². The second-order valence-electron chi connectivity index (χ2n) is 4.87. The van der Waals surface area contributed by atoms with E-state index in [4.69, 9.17) is 10.6 Å². The van der Waals surface area contributed by atoms with Gasteiger partial charge in [-0.05, 0) is 41.1 Å². The maximum Gasteiger partial charge on any atom is 0.275 e. The van der Waals surface area contributed by atoms with Crippen molar-refractivity contribution in [2.45, 2.75) is 26.4 Å². The molecule has 0 aliphatic carbocycles. The number of nitrogen functional groups attached to an aromatic ring is 1. The zero-order chi connectivity index (χ0) is 15.4. The van der Waals surface area contributed by atoms with Crippen molar-refractivity contribution in [3.05, 3.63) is 50.1 Å². The van der Waals surface area contributed by atoms with Crippen molar-refractivity contribution < 1.29 is 9.53 Å². The summed E-state index contributed by atoms with van der Waals surface area (Å²) in [6, 6.07) is 7.82. The predicted molar refractivity (Wildman–Crippen MR) is 88.5 cm³/mol. The Morgan fingerprint density at radius 3 is 2.86 bits per heavy atom. The van der Waals surface area contributed by atoms with Gasteiger partial charge in [-0.15, -0.1) is 11.3 Å². The molecule has 6 heteroatoms. The third-order valence-electron chi connectivity index (χ3n) is 3.06. The van der Waals surface area contributed by atoms with Crippen molar-refractivity contribution >= 4 is 33.2 Å². The highest BCUT2D eigenvalue weighted by Gasteiger charge is 2.14. The smallest absolute Gasteiger partial charge is 0.275 e. The summed E-state index contributed by atoms with van der Waals surface area (Å²) in [6.45, 7) is 4.58. The van der Waals surface area contributed by atoms with E-state index in [9.17, 15) is 4.79 Å². The van der Waals surface area contributed by atoms with Crippen molar-refractivity contribution in [1.29, 1.82) is 0 Å². The Kier molecular flexibility index (Phi) is 5.39. The Balaban J connectivity index is 2.17. The van der Waals surface area contributed by atoms with E-state index in [0.29, 0.717) is 17.4 Å². The van der Waals surface area contributed by atoms with Crippen LogP contribution in [0.1, 0.15) is 40.6 Å². The molecule has 0 radical (unpaired) electrons. The molecule has 3 N–H and O–H groups in total. The minimum Gasteiger partial charge on any atom is -0.489 e. The molecule has 1 aromatic carbocycles. The van der Waals surface area contributed by atoms with Gasteiger partial charge in [0.1, 0.15) is 12.4 Å². The summed E-state index contributed by atoms with van der Waals surface area (Å²) in [5.74, 6) is 6.08. The van der Waals surface area contributed by atoms with E-state index in [1.165, 1.54) is 11.3 Å². The van der Waals surface area contributed by atoms with Gasteiger partial charge in [0.05, 0.1) is 4.88 Å². The van der Waals surface area contributed by atoms with Crippen LogP contribution in [0, 0.1) is 0 Å². The maximum absolute atomic E-state index is 11.6. The van der Waals surface area contributed by atoms with E-state index in [2.05, 4.69) is 41.3 Å². The first-order valence-corrected chi connectivity index (χ1v) is 8.19. The number of carbonyl (C=O) groups excluding carboxylic acids is 1. The van der Waals surface area contributed by atoms with Gasteiger partial charge in [-0.1, -0.05) is 29.8 Å². The van der Waals surface area contributed by atoms with Crippen molar-refractivity contribution in [2.24, 2.45) is 5.84 Å². The summed E-state index contributed by atoms with van der Waals surface area (Å²) < 4.78 is 6.92. The fraction of sp³-hybridized carbons (Fsp3) is 0.267. The molecule has 0 saturated carbocycles. The van der Waals surface area contributed by atoms with Crippen LogP contribution in [-0.2, 0) is 6.61 Å². The number of thiophene rings is 1. The van der Waals surface area contributed by atoms with Gasteiger partial charge in [0.2, 0.25) is 0 Å². The number of halogens is 1.